The van der Waals surface area contributed by atoms with Crippen molar-refractivity contribution in [2.45, 2.75) is 19.8 Å². The van der Waals surface area contributed by atoms with Gasteiger partial charge in [0.1, 0.15) is 6.33 Å². The van der Waals surface area contributed by atoms with E-state index >= 15 is 0 Å². The lowest BCUT2D eigenvalue weighted by Crippen LogP contribution is -2.05. The first kappa shape index (κ1) is 13.3. The molecule has 5 nitrogen and oxygen atoms in total. The topological polar surface area (TPSA) is 63.8 Å². The molecular weight excluding hydrogens is 264 g/mol. The second-order valence-electron chi connectivity index (χ2n) is 5.10. The zero-order chi connectivity index (χ0) is 14.8. The third-order valence-electron chi connectivity index (χ3n) is 3.27. The van der Waals surface area contributed by atoms with Crippen molar-refractivity contribution in [2.75, 3.05) is 0 Å². The summed E-state index contributed by atoms with van der Waals surface area (Å²) in [6.07, 6.45) is 5.01. The molecule has 0 radical (unpaired) electrons. The number of imidazole rings is 1. The molecule has 1 N–H and O–H groups in total. The minimum atomic E-state index is 0.0163. The van der Waals surface area contributed by atoms with Crippen molar-refractivity contribution >= 4 is 0 Å². The van der Waals surface area contributed by atoms with Crippen LogP contribution in [0.4, 0.5) is 0 Å². The zero-order valence-electron chi connectivity index (χ0n) is 11.9. The second-order valence-corrected chi connectivity index (χ2v) is 5.10. The Morgan fingerprint density at radius 1 is 1.10 bits per heavy atom. The zero-order valence-corrected chi connectivity index (χ0v) is 11.9. The fourth-order valence-electron chi connectivity index (χ4n) is 2.29. The highest BCUT2D eigenvalue weighted by molar-refractivity contribution is 5.66. The van der Waals surface area contributed by atoms with E-state index in [4.69, 9.17) is 0 Å². The second kappa shape index (κ2) is 5.36. The van der Waals surface area contributed by atoms with Gasteiger partial charge in [-0.05, 0) is 5.92 Å². The fourth-order valence-corrected chi connectivity index (χ4v) is 2.29. The molecule has 5 heteroatoms. The molecule has 3 rings (SSSR count). The first-order valence-corrected chi connectivity index (χ1v) is 6.81. The van der Waals surface area contributed by atoms with E-state index in [2.05, 4.69) is 15.0 Å². The molecule has 0 saturated carbocycles. The third kappa shape index (κ3) is 2.50. The van der Waals surface area contributed by atoms with Crippen molar-refractivity contribution in [1.82, 2.24) is 19.5 Å². The quantitative estimate of drug-likeness (QED) is 0.800. The molecule has 2 aromatic heterocycles. The van der Waals surface area contributed by atoms with Crippen LogP contribution in [0, 0.1) is 0 Å². The van der Waals surface area contributed by atoms with E-state index < -0.39 is 0 Å². The van der Waals surface area contributed by atoms with E-state index in [1.165, 1.54) is 0 Å². The first-order chi connectivity index (χ1) is 10.2. The van der Waals surface area contributed by atoms with Gasteiger partial charge in [-0.2, -0.15) is 4.98 Å². The van der Waals surface area contributed by atoms with Gasteiger partial charge in [0.05, 0.1) is 5.69 Å². The van der Waals surface area contributed by atoms with Gasteiger partial charge in [0.15, 0.2) is 0 Å². The molecule has 0 amide bonds. The highest BCUT2D eigenvalue weighted by Gasteiger charge is 2.18. The predicted molar refractivity (Wildman–Crippen MR) is 80.3 cm³/mol. The summed E-state index contributed by atoms with van der Waals surface area (Å²) in [5, 5.41) is 10.3. The largest absolute Gasteiger partial charge is 0.493 e. The van der Waals surface area contributed by atoms with Crippen LogP contribution >= 0.6 is 0 Å². The van der Waals surface area contributed by atoms with Crippen LogP contribution in [0.3, 0.4) is 0 Å². The van der Waals surface area contributed by atoms with Crippen molar-refractivity contribution in [2.24, 2.45) is 0 Å². The molecule has 106 valence electrons. The average molecular weight is 280 g/mol. The Balaban J connectivity index is 2.24. The lowest BCUT2D eigenvalue weighted by atomic mass is 9.98. The summed E-state index contributed by atoms with van der Waals surface area (Å²) < 4.78 is 1.68. The standard InChI is InChI=1S/C16H16N4O/c1-11(2)13-14(12-6-4-3-5-7-12)18-16(19-15(13)21)20-9-8-17-10-20/h3-11H,1-2H3,(H,18,19,21). The van der Waals surface area contributed by atoms with Gasteiger partial charge in [-0.15, -0.1) is 0 Å². The van der Waals surface area contributed by atoms with E-state index in [1.807, 2.05) is 44.2 Å². The third-order valence-corrected chi connectivity index (χ3v) is 3.27. The maximum Gasteiger partial charge on any atom is 0.238 e. The summed E-state index contributed by atoms with van der Waals surface area (Å²) in [5.74, 6) is 0.549. The van der Waals surface area contributed by atoms with Gasteiger partial charge in [0.2, 0.25) is 11.8 Å². The van der Waals surface area contributed by atoms with Gasteiger partial charge in [-0.1, -0.05) is 44.2 Å². The van der Waals surface area contributed by atoms with E-state index in [1.54, 1.807) is 23.3 Å². The molecular formula is C16H16N4O. The van der Waals surface area contributed by atoms with Gasteiger partial charge in [-0.3, -0.25) is 4.57 Å². The molecule has 0 aliphatic rings. The lowest BCUT2D eigenvalue weighted by Gasteiger charge is -2.15. The maximum atomic E-state index is 10.3. The number of aromatic hydroxyl groups is 1. The summed E-state index contributed by atoms with van der Waals surface area (Å²) >= 11 is 0. The summed E-state index contributed by atoms with van der Waals surface area (Å²) in [7, 11) is 0. The minimum Gasteiger partial charge on any atom is -0.493 e. The maximum absolute atomic E-state index is 10.3. The number of rotatable bonds is 3. The van der Waals surface area contributed by atoms with Crippen LogP contribution < -0.4 is 0 Å². The molecule has 0 spiro atoms. The molecule has 0 atom stereocenters. The van der Waals surface area contributed by atoms with E-state index in [9.17, 15) is 5.11 Å². The molecule has 0 bridgehead atoms. The number of hydrogen-bond donors (Lipinski definition) is 1. The van der Waals surface area contributed by atoms with Crippen LogP contribution in [-0.4, -0.2) is 24.6 Å². The summed E-state index contributed by atoms with van der Waals surface area (Å²) in [6, 6.07) is 9.82. The minimum absolute atomic E-state index is 0.0163. The Bertz CT molecular complexity index is 736. The Labute approximate surface area is 123 Å². The fraction of sp³-hybridized carbons (Fsp3) is 0.188. The summed E-state index contributed by atoms with van der Waals surface area (Å²) in [6.45, 7) is 4.03. The van der Waals surface area contributed by atoms with Crippen molar-refractivity contribution in [3.63, 3.8) is 0 Å². The van der Waals surface area contributed by atoms with Crippen LogP contribution in [-0.2, 0) is 0 Å². The highest BCUT2D eigenvalue weighted by Crippen LogP contribution is 2.33. The van der Waals surface area contributed by atoms with Crippen molar-refractivity contribution in [3.8, 4) is 23.1 Å². The van der Waals surface area contributed by atoms with Crippen molar-refractivity contribution < 1.29 is 5.11 Å². The van der Waals surface area contributed by atoms with Crippen LogP contribution in [0.25, 0.3) is 17.2 Å². The number of nitrogens with zero attached hydrogens (tertiary/aromatic N) is 4. The molecule has 0 aliphatic carbocycles. The highest BCUT2D eigenvalue weighted by atomic mass is 16.3. The van der Waals surface area contributed by atoms with Crippen LogP contribution in [0.1, 0.15) is 25.3 Å². The van der Waals surface area contributed by atoms with Gasteiger partial charge in [-0.25, -0.2) is 9.97 Å². The monoisotopic (exact) mass is 280 g/mol. The Morgan fingerprint density at radius 2 is 1.86 bits per heavy atom. The molecule has 3 aromatic rings. The first-order valence-electron chi connectivity index (χ1n) is 6.81. The lowest BCUT2D eigenvalue weighted by molar-refractivity contribution is 0.440. The van der Waals surface area contributed by atoms with E-state index in [0.29, 0.717) is 5.95 Å². The molecule has 0 fully saturated rings. The molecule has 0 saturated heterocycles. The molecule has 21 heavy (non-hydrogen) atoms. The van der Waals surface area contributed by atoms with Crippen LogP contribution in [0.5, 0.6) is 5.88 Å². The van der Waals surface area contributed by atoms with E-state index in [-0.39, 0.29) is 11.8 Å². The van der Waals surface area contributed by atoms with Gasteiger partial charge < -0.3 is 5.11 Å². The normalized spacial score (nSPS) is 11.0. The molecule has 2 heterocycles. The van der Waals surface area contributed by atoms with Gasteiger partial charge in [0.25, 0.3) is 0 Å². The number of aromatic nitrogens is 4. The molecule has 0 aliphatic heterocycles. The predicted octanol–water partition coefficient (Wildman–Crippen LogP) is 3.16. The summed E-state index contributed by atoms with van der Waals surface area (Å²) in [5.41, 5.74) is 2.46. The van der Waals surface area contributed by atoms with Gasteiger partial charge in [0, 0.05) is 23.5 Å². The van der Waals surface area contributed by atoms with Gasteiger partial charge >= 0.3 is 0 Å². The van der Waals surface area contributed by atoms with Crippen LogP contribution in [0.2, 0.25) is 0 Å². The van der Waals surface area contributed by atoms with Crippen molar-refractivity contribution in [3.05, 3.63) is 54.6 Å². The number of benzene rings is 1. The Kier molecular flexibility index (Phi) is 3.39. The SMILES string of the molecule is CC(C)c1c(O)nc(-n2ccnc2)nc1-c1ccccc1. The van der Waals surface area contributed by atoms with Crippen LogP contribution in [0.15, 0.2) is 49.1 Å². The Hall–Kier alpha value is -2.69. The molecule has 0 unspecified atom stereocenters. The molecule has 1 aromatic carbocycles. The smallest absolute Gasteiger partial charge is 0.238 e. The van der Waals surface area contributed by atoms with Crippen molar-refractivity contribution in [1.29, 1.82) is 0 Å². The van der Waals surface area contributed by atoms with E-state index in [0.717, 1.165) is 16.8 Å². The summed E-state index contributed by atoms with van der Waals surface area (Å²) in [4.78, 5) is 12.8. The Morgan fingerprint density at radius 3 is 2.48 bits per heavy atom. The number of hydrogen-bond acceptors (Lipinski definition) is 4. The average Bonchev–Trinajstić information content (AvgIpc) is 3.01.